The van der Waals surface area contributed by atoms with Crippen LogP contribution in [-0.2, 0) is 20.9 Å². The van der Waals surface area contributed by atoms with Crippen molar-refractivity contribution in [3.8, 4) is 5.75 Å². The first-order valence-corrected chi connectivity index (χ1v) is 10.1. The molecule has 0 saturated carbocycles. The summed E-state index contributed by atoms with van der Waals surface area (Å²) in [6.07, 6.45) is 0. The van der Waals surface area contributed by atoms with Gasteiger partial charge >= 0.3 is 11.8 Å². The number of amides is 2. The van der Waals surface area contributed by atoms with Crippen molar-refractivity contribution in [1.82, 2.24) is 15.5 Å². The highest BCUT2D eigenvalue weighted by atomic mass is 16.5. The van der Waals surface area contributed by atoms with E-state index in [1.807, 2.05) is 55.5 Å². The van der Waals surface area contributed by atoms with Crippen LogP contribution < -0.4 is 15.4 Å². The number of hydrogen-bond donors (Lipinski definition) is 2. The lowest BCUT2D eigenvalue weighted by Crippen LogP contribution is -2.46. The number of aryl methyl sites for hydroxylation is 1. The molecule has 2 N–H and O–H groups in total. The average molecular weight is 412 g/mol. The van der Waals surface area contributed by atoms with E-state index in [4.69, 9.17) is 9.47 Å². The molecule has 7 nitrogen and oxygen atoms in total. The molecule has 1 saturated heterocycles. The Labute approximate surface area is 177 Å². The average Bonchev–Trinajstić information content (AvgIpc) is 2.79. The van der Waals surface area contributed by atoms with Gasteiger partial charge < -0.3 is 20.1 Å². The maximum atomic E-state index is 12.4. The van der Waals surface area contributed by atoms with Gasteiger partial charge in [0.15, 0.2) is 0 Å². The quantitative estimate of drug-likeness (QED) is 0.680. The van der Waals surface area contributed by atoms with Gasteiger partial charge in [-0.05, 0) is 30.2 Å². The van der Waals surface area contributed by atoms with Gasteiger partial charge in [-0.15, -0.1) is 0 Å². The SMILES string of the molecule is COc1ccc([C@H](CNC(=O)C(=O)NCc2ccc(C)cc2)N2CCOCC2)cc1. The number of morpholine rings is 1. The zero-order chi connectivity index (χ0) is 21.3. The zero-order valence-corrected chi connectivity index (χ0v) is 17.5. The molecular formula is C23H29N3O4. The molecule has 0 aliphatic carbocycles. The Morgan fingerprint density at radius 3 is 2.27 bits per heavy atom. The second-order valence-electron chi connectivity index (χ2n) is 7.32. The lowest BCUT2D eigenvalue weighted by atomic mass is 10.0. The Morgan fingerprint density at radius 2 is 1.63 bits per heavy atom. The maximum absolute atomic E-state index is 12.4. The van der Waals surface area contributed by atoms with Crippen LogP contribution in [0.5, 0.6) is 5.75 Å². The van der Waals surface area contributed by atoms with Crippen LogP contribution in [0, 0.1) is 6.92 Å². The standard InChI is InChI=1S/C23H29N3O4/c1-17-3-5-18(6-4-17)15-24-22(27)23(28)25-16-21(26-11-13-30-14-12-26)19-7-9-20(29-2)10-8-19/h3-10,21H,11-16H2,1-2H3,(H,24,27)(H,25,28)/t21-/m0/s1. The molecule has 0 bridgehead atoms. The third-order valence-electron chi connectivity index (χ3n) is 5.22. The summed E-state index contributed by atoms with van der Waals surface area (Å²) in [5.41, 5.74) is 3.15. The lowest BCUT2D eigenvalue weighted by molar-refractivity contribution is -0.139. The van der Waals surface area contributed by atoms with Crippen molar-refractivity contribution in [1.29, 1.82) is 0 Å². The van der Waals surface area contributed by atoms with Gasteiger partial charge in [0.2, 0.25) is 0 Å². The van der Waals surface area contributed by atoms with Crippen LogP contribution in [0.15, 0.2) is 48.5 Å². The minimum atomic E-state index is -0.633. The van der Waals surface area contributed by atoms with Crippen molar-refractivity contribution in [2.45, 2.75) is 19.5 Å². The molecule has 1 fully saturated rings. The van der Waals surface area contributed by atoms with Crippen molar-refractivity contribution in [2.75, 3.05) is 40.0 Å². The van der Waals surface area contributed by atoms with Crippen LogP contribution in [0.4, 0.5) is 0 Å². The van der Waals surface area contributed by atoms with Crippen molar-refractivity contribution in [3.05, 3.63) is 65.2 Å². The Morgan fingerprint density at radius 1 is 1.00 bits per heavy atom. The summed E-state index contributed by atoms with van der Waals surface area (Å²) < 4.78 is 10.7. The monoisotopic (exact) mass is 411 g/mol. The number of benzene rings is 2. The molecule has 2 aromatic carbocycles. The van der Waals surface area contributed by atoms with Crippen LogP contribution in [0.1, 0.15) is 22.7 Å². The molecule has 2 aromatic rings. The maximum Gasteiger partial charge on any atom is 0.309 e. The number of carbonyl (C=O) groups excluding carboxylic acids is 2. The summed E-state index contributed by atoms with van der Waals surface area (Å²) in [7, 11) is 1.63. The summed E-state index contributed by atoms with van der Waals surface area (Å²) in [5, 5.41) is 5.46. The molecule has 0 radical (unpaired) electrons. The molecule has 30 heavy (non-hydrogen) atoms. The minimum Gasteiger partial charge on any atom is -0.497 e. The van der Waals surface area contributed by atoms with Gasteiger partial charge in [0, 0.05) is 26.2 Å². The van der Waals surface area contributed by atoms with E-state index < -0.39 is 11.8 Å². The molecule has 2 amide bonds. The summed E-state index contributed by atoms with van der Waals surface area (Å²) in [5.74, 6) is -0.487. The first-order chi connectivity index (χ1) is 14.6. The fourth-order valence-corrected chi connectivity index (χ4v) is 3.41. The molecule has 1 heterocycles. The second-order valence-corrected chi connectivity index (χ2v) is 7.32. The molecule has 3 rings (SSSR count). The smallest absolute Gasteiger partial charge is 0.309 e. The van der Waals surface area contributed by atoms with Gasteiger partial charge in [0.25, 0.3) is 0 Å². The summed E-state index contributed by atoms with van der Waals surface area (Å²) >= 11 is 0. The number of rotatable bonds is 7. The van der Waals surface area contributed by atoms with Crippen LogP contribution in [0.2, 0.25) is 0 Å². The van der Waals surface area contributed by atoms with E-state index in [9.17, 15) is 9.59 Å². The van der Waals surface area contributed by atoms with Gasteiger partial charge in [-0.2, -0.15) is 0 Å². The van der Waals surface area contributed by atoms with E-state index in [0.717, 1.165) is 35.5 Å². The fourth-order valence-electron chi connectivity index (χ4n) is 3.41. The van der Waals surface area contributed by atoms with E-state index in [1.54, 1.807) is 7.11 Å². The predicted molar refractivity (Wildman–Crippen MR) is 114 cm³/mol. The molecule has 160 valence electrons. The highest BCUT2D eigenvalue weighted by Crippen LogP contribution is 2.23. The first kappa shape index (κ1) is 21.8. The minimum absolute atomic E-state index is 0.0475. The number of nitrogens with zero attached hydrogens (tertiary/aromatic N) is 1. The molecule has 1 atom stereocenters. The van der Waals surface area contributed by atoms with Crippen LogP contribution in [0.25, 0.3) is 0 Å². The molecular weight excluding hydrogens is 382 g/mol. The number of hydrogen-bond acceptors (Lipinski definition) is 5. The van der Waals surface area contributed by atoms with E-state index in [1.165, 1.54) is 0 Å². The molecule has 0 spiro atoms. The molecule has 0 aromatic heterocycles. The van der Waals surface area contributed by atoms with E-state index in [0.29, 0.717) is 26.3 Å². The highest BCUT2D eigenvalue weighted by Gasteiger charge is 2.24. The van der Waals surface area contributed by atoms with Gasteiger partial charge in [-0.25, -0.2) is 0 Å². The Kier molecular flexibility index (Phi) is 7.82. The van der Waals surface area contributed by atoms with E-state index >= 15 is 0 Å². The van der Waals surface area contributed by atoms with Gasteiger partial charge in [-0.3, -0.25) is 14.5 Å². The highest BCUT2D eigenvalue weighted by molar-refractivity contribution is 6.35. The predicted octanol–water partition coefficient (Wildman–Crippen LogP) is 1.81. The second kappa shape index (κ2) is 10.8. The molecule has 7 heteroatoms. The topological polar surface area (TPSA) is 79.9 Å². The number of methoxy groups -OCH3 is 1. The van der Waals surface area contributed by atoms with Crippen molar-refractivity contribution in [2.24, 2.45) is 0 Å². The van der Waals surface area contributed by atoms with Crippen LogP contribution in [0.3, 0.4) is 0 Å². The van der Waals surface area contributed by atoms with Crippen molar-refractivity contribution in [3.63, 3.8) is 0 Å². The summed E-state index contributed by atoms with van der Waals surface area (Å²) in [6.45, 7) is 5.50. The largest absolute Gasteiger partial charge is 0.497 e. The van der Waals surface area contributed by atoms with Crippen LogP contribution >= 0.6 is 0 Å². The molecule has 0 unspecified atom stereocenters. The van der Waals surface area contributed by atoms with E-state index in [2.05, 4.69) is 15.5 Å². The van der Waals surface area contributed by atoms with Gasteiger partial charge in [0.05, 0.1) is 26.4 Å². The summed E-state index contributed by atoms with van der Waals surface area (Å²) in [6, 6.07) is 15.6. The lowest BCUT2D eigenvalue weighted by Gasteiger charge is -2.34. The number of carbonyl (C=O) groups is 2. The number of ether oxygens (including phenoxy) is 2. The van der Waals surface area contributed by atoms with Crippen molar-refractivity contribution < 1.29 is 19.1 Å². The van der Waals surface area contributed by atoms with Gasteiger partial charge in [-0.1, -0.05) is 42.0 Å². The fraction of sp³-hybridized carbons (Fsp3) is 0.391. The summed E-state index contributed by atoms with van der Waals surface area (Å²) in [4.78, 5) is 26.8. The van der Waals surface area contributed by atoms with Gasteiger partial charge in [0.1, 0.15) is 5.75 Å². The molecule has 1 aliphatic heterocycles. The Bertz CT molecular complexity index is 831. The molecule has 1 aliphatic rings. The zero-order valence-electron chi connectivity index (χ0n) is 17.5. The van der Waals surface area contributed by atoms with Crippen LogP contribution in [-0.4, -0.2) is 56.7 Å². The first-order valence-electron chi connectivity index (χ1n) is 10.1. The Balaban J connectivity index is 1.58. The van der Waals surface area contributed by atoms with Crippen molar-refractivity contribution >= 4 is 11.8 Å². The van der Waals surface area contributed by atoms with E-state index in [-0.39, 0.29) is 6.04 Å². The third kappa shape index (κ3) is 6.05. The Hall–Kier alpha value is -2.90. The normalized spacial score (nSPS) is 15.3. The third-order valence-corrected chi connectivity index (χ3v) is 5.22. The number of nitrogens with one attached hydrogen (secondary N) is 2.